The van der Waals surface area contributed by atoms with Crippen molar-refractivity contribution >= 4 is 10.5 Å². The minimum Gasteiger partial charge on any atom is -0.192 e. The van der Waals surface area contributed by atoms with E-state index in [-0.39, 0.29) is 6.07 Å². The molecule has 0 N–H and O–H groups in total. The van der Waals surface area contributed by atoms with Crippen LogP contribution in [-0.4, -0.2) is 20.4 Å². The predicted molar refractivity (Wildman–Crippen MR) is 26.6 cm³/mol. The number of nitrogens with zero attached hydrogens (tertiary/aromatic N) is 1. The summed E-state index contributed by atoms with van der Waals surface area (Å²) in [5.74, 6) is -5.19. The highest BCUT2D eigenvalue weighted by Crippen LogP contribution is 2.35. The van der Waals surface area contributed by atoms with E-state index in [2.05, 4.69) is 4.18 Å². The summed E-state index contributed by atoms with van der Waals surface area (Å²) in [4.78, 5) is 0. The van der Waals surface area contributed by atoms with Crippen LogP contribution in [-0.2, 0) is 14.7 Å². The molecule has 0 heterocycles. The van der Waals surface area contributed by atoms with Gasteiger partial charge in [-0.3, -0.25) is 0 Å². The minimum absolute atomic E-state index is 0.158. The molecule has 0 aliphatic carbocycles. The monoisotopic (exact) mass is 225 g/mol. The molecule has 4 nitrogen and oxygen atoms in total. The van der Waals surface area contributed by atoms with Crippen LogP contribution in [0.3, 0.4) is 0 Å². The van der Waals surface area contributed by atoms with Crippen LogP contribution in [0.5, 0.6) is 0 Å². The van der Waals surface area contributed by atoms with Gasteiger partial charge in [0.2, 0.25) is 0 Å². The van der Waals surface area contributed by atoms with E-state index in [9.17, 15) is 29.9 Å². The molecule has 0 fully saturated rings. The Bertz CT molecular complexity index is 328. The summed E-state index contributed by atoms with van der Waals surface area (Å²) in [6.45, 7) is 0. The fraction of sp³-hybridized carbons (Fsp3) is 0.667. The molecule has 0 aromatic heterocycles. The molecule has 0 aliphatic heterocycles. The van der Waals surface area contributed by atoms with E-state index in [4.69, 9.17) is 5.26 Å². The molecule has 0 bridgehead atoms. The predicted octanol–water partition coefficient (Wildman–Crippen LogP) is 0.969. The van der Waals surface area contributed by atoms with Gasteiger partial charge in [-0.25, -0.2) is 0 Å². The van der Waals surface area contributed by atoms with Crippen molar-refractivity contribution < 1.29 is 34.0 Å². The van der Waals surface area contributed by atoms with Gasteiger partial charge in [0.15, 0.2) is 0 Å². The summed E-state index contributed by atoms with van der Waals surface area (Å²) < 4.78 is 79.3. The van der Waals surface area contributed by atoms with Crippen LogP contribution in [0.25, 0.3) is 0 Å². The van der Waals surface area contributed by atoms with Crippen LogP contribution in [0, 0.1) is 11.3 Å². The molecule has 1 atom stereocenters. The van der Waals surface area contributed by atoms with E-state index in [1.807, 2.05) is 0 Å². The molecule has 0 amide bonds. The van der Waals surface area contributed by atoms with E-state index < -0.39 is 22.5 Å². The zero-order valence-electron chi connectivity index (χ0n) is 5.47. The fourth-order valence-electron chi connectivity index (χ4n) is 0.266. The second-order valence-electron chi connectivity index (χ2n) is 1.68. The summed E-state index contributed by atoms with van der Waals surface area (Å²) >= 11 is 0. The van der Waals surface area contributed by atoms with E-state index in [0.717, 1.165) is 0 Å². The minimum atomic E-state index is -6.19. The lowest BCUT2D eigenvalue weighted by atomic mass is 10.3. The summed E-state index contributed by atoms with van der Waals surface area (Å²) in [7, 11) is -6.19. The first-order valence-corrected chi connectivity index (χ1v) is 3.65. The van der Waals surface area contributed by atoms with Crippen molar-refractivity contribution in [3.05, 3.63) is 0 Å². The third kappa shape index (κ3) is 3.11. The maximum Gasteiger partial charge on any atom is 0.464 e. The van der Waals surface area contributed by atoms with E-state index in [1.165, 1.54) is 0 Å². The van der Waals surface area contributed by atoms with E-state index >= 15 is 0 Å². The third-order valence-corrected chi connectivity index (χ3v) is 1.15. The molecule has 0 rings (SSSR count). The highest BCUT2D eigenvalue weighted by atomic mass is 32.3. The lowest BCUT2D eigenvalue weighted by Gasteiger charge is -2.17. The van der Waals surface area contributed by atoms with Crippen LogP contribution >= 0.6 is 0 Å². The average Bonchev–Trinajstić information content (AvgIpc) is 1.81. The van der Waals surface area contributed by atoms with Crippen molar-refractivity contribution in [2.24, 2.45) is 0 Å². The van der Waals surface area contributed by atoms with Crippen molar-refractivity contribution in [1.82, 2.24) is 0 Å². The summed E-state index contributed by atoms with van der Waals surface area (Å²) in [5.41, 5.74) is 0. The zero-order valence-corrected chi connectivity index (χ0v) is 6.29. The Balaban J connectivity index is 5.03. The van der Waals surface area contributed by atoms with Crippen LogP contribution in [0.1, 0.15) is 0 Å². The molecule has 0 aromatic carbocycles. The Morgan fingerprint density at radius 3 is 1.69 bits per heavy atom. The second kappa shape index (κ2) is 3.08. The van der Waals surface area contributed by atoms with Gasteiger partial charge < -0.3 is 0 Å². The number of halogens is 5. The highest BCUT2D eigenvalue weighted by molar-refractivity contribution is 7.81. The number of hydrogen-bond donors (Lipinski definition) is 0. The van der Waals surface area contributed by atoms with Gasteiger partial charge in [-0.2, -0.15) is 35.4 Å². The lowest BCUT2D eigenvalue weighted by Crippen LogP contribution is -2.43. The Kier molecular flexibility index (Phi) is 2.85. The van der Waals surface area contributed by atoms with Crippen LogP contribution in [0.4, 0.5) is 21.4 Å². The highest BCUT2D eigenvalue weighted by Gasteiger charge is 2.61. The van der Waals surface area contributed by atoms with Gasteiger partial charge in [-0.15, -0.1) is 0 Å². The maximum absolute atomic E-state index is 12.2. The van der Waals surface area contributed by atoms with Crippen molar-refractivity contribution in [2.75, 3.05) is 0 Å². The average molecular weight is 225 g/mol. The largest absolute Gasteiger partial charge is 0.464 e. The Morgan fingerprint density at radius 2 is 1.62 bits per heavy atom. The first-order chi connectivity index (χ1) is 5.52. The molecule has 0 radical (unpaired) electrons. The van der Waals surface area contributed by atoms with Gasteiger partial charge in [0.05, 0.1) is 0 Å². The molecule has 0 saturated heterocycles. The lowest BCUT2D eigenvalue weighted by molar-refractivity contribution is -0.274. The van der Waals surface area contributed by atoms with Gasteiger partial charge in [-0.05, 0) is 0 Å². The quantitative estimate of drug-likeness (QED) is 0.518. The molecule has 13 heavy (non-hydrogen) atoms. The van der Waals surface area contributed by atoms with Gasteiger partial charge in [0, 0.05) is 0 Å². The topological polar surface area (TPSA) is 67.2 Å². The number of nitriles is 1. The Morgan fingerprint density at radius 1 is 1.23 bits per heavy atom. The molecule has 0 saturated carbocycles. The van der Waals surface area contributed by atoms with Crippen molar-refractivity contribution in [1.29, 1.82) is 5.26 Å². The molecule has 0 spiro atoms. The van der Waals surface area contributed by atoms with E-state index in [1.54, 1.807) is 0 Å². The fourth-order valence-corrected chi connectivity index (χ4v) is 0.673. The molecule has 0 aromatic rings. The standard InChI is InChI=1S/C3F5NO3S/c4-2(1-9,3(5,6)7)12-13(8,10)11. The number of rotatable bonds is 2. The zero-order chi connectivity index (χ0) is 10.9. The maximum atomic E-state index is 12.2. The molecule has 0 aliphatic rings. The van der Waals surface area contributed by atoms with E-state index in [0.29, 0.717) is 0 Å². The summed E-state index contributed by atoms with van der Waals surface area (Å²) in [6.07, 6.45) is -5.96. The first kappa shape index (κ1) is 12.0. The van der Waals surface area contributed by atoms with Crippen LogP contribution in [0.2, 0.25) is 0 Å². The SMILES string of the molecule is N#CC(F)(OS(=O)(=O)F)C(F)(F)F. The Labute approximate surface area is 68.9 Å². The molecule has 76 valence electrons. The second-order valence-corrected chi connectivity index (χ2v) is 2.63. The van der Waals surface area contributed by atoms with Gasteiger partial charge in [-0.1, -0.05) is 3.89 Å². The van der Waals surface area contributed by atoms with Crippen molar-refractivity contribution in [3.63, 3.8) is 0 Å². The first-order valence-electron chi connectivity index (χ1n) is 2.34. The van der Waals surface area contributed by atoms with Crippen molar-refractivity contribution in [3.8, 4) is 6.07 Å². The van der Waals surface area contributed by atoms with Gasteiger partial charge >= 0.3 is 22.5 Å². The van der Waals surface area contributed by atoms with Crippen LogP contribution in [0.15, 0.2) is 0 Å². The molecular weight excluding hydrogens is 225 g/mol. The number of hydrogen-bond acceptors (Lipinski definition) is 4. The summed E-state index contributed by atoms with van der Waals surface area (Å²) in [6, 6.07) is -0.158. The summed E-state index contributed by atoms with van der Waals surface area (Å²) in [5, 5.41) is 7.58. The normalized spacial score (nSPS) is 17.5. The number of alkyl halides is 4. The van der Waals surface area contributed by atoms with Gasteiger partial charge in [0.25, 0.3) is 0 Å². The van der Waals surface area contributed by atoms with Crippen molar-refractivity contribution in [2.45, 2.75) is 12.0 Å². The van der Waals surface area contributed by atoms with Crippen LogP contribution < -0.4 is 0 Å². The molecular formula is C3F5NO3S. The smallest absolute Gasteiger partial charge is 0.192 e. The Hall–Kier alpha value is -0.950. The third-order valence-electron chi connectivity index (χ3n) is 0.723. The van der Waals surface area contributed by atoms with Gasteiger partial charge in [0.1, 0.15) is 6.07 Å². The molecule has 10 heteroatoms. The molecule has 1 unspecified atom stereocenters.